The molecule has 2 aromatic heterocycles. The number of nitrogens with zero attached hydrogens (tertiary/aromatic N) is 4. The third-order valence-corrected chi connectivity index (χ3v) is 4.73. The molecule has 1 unspecified atom stereocenters. The number of nitrogens with one attached hydrogen (secondary N) is 1. The fourth-order valence-corrected chi connectivity index (χ4v) is 3.42. The van der Waals surface area contributed by atoms with Crippen molar-refractivity contribution in [2.75, 3.05) is 5.32 Å². The van der Waals surface area contributed by atoms with Crippen molar-refractivity contribution in [2.24, 2.45) is 0 Å². The van der Waals surface area contributed by atoms with Crippen LogP contribution in [0.25, 0.3) is 0 Å². The van der Waals surface area contributed by atoms with E-state index in [4.69, 9.17) is 4.52 Å². The summed E-state index contributed by atoms with van der Waals surface area (Å²) in [6.45, 7) is 2.38. The summed E-state index contributed by atoms with van der Waals surface area (Å²) in [5.41, 5.74) is 0.429. The normalized spacial score (nSPS) is 15.0. The molecule has 27 heavy (non-hydrogen) atoms. The Balaban J connectivity index is 1.75. The van der Waals surface area contributed by atoms with Gasteiger partial charge in [0.25, 0.3) is 5.91 Å². The standard InChI is InChI=1S/C19H21N5O3/c1-13-12-15(22-27-13)20-18(25)17(14-8-4-2-5-9-14)24-19(26)23-11-7-3-6-10-16(23)21-24/h2,4-5,8-9,12,17H,3,6-7,10-11H2,1H3,(H,20,22,25). The lowest BCUT2D eigenvalue weighted by Gasteiger charge is -2.16. The van der Waals surface area contributed by atoms with Crippen LogP contribution in [0.4, 0.5) is 5.82 Å². The summed E-state index contributed by atoms with van der Waals surface area (Å²) in [5, 5.41) is 11.0. The smallest absolute Gasteiger partial charge is 0.347 e. The van der Waals surface area contributed by atoms with Crippen LogP contribution in [0, 0.1) is 6.92 Å². The van der Waals surface area contributed by atoms with Crippen LogP contribution in [0.2, 0.25) is 0 Å². The Bertz CT molecular complexity index is 1000. The van der Waals surface area contributed by atoms with Crippen molar-refractivity contribution in [3.8, 4) is 0 Å². The third kappa shape index (κ3) is 3.42. The largest absolute Gasteiger partial charge is 0.360 e. The Morgan fingerprint density at radius 3 is 2.78 bits per heavy atom. The number of amides is 1. The molecule has 1 aliphatic heterocycles. The van der Waals surface area contributed by atoms with Crippen molar-refractivity contribution < 1.29 is 9.32 Å². The zero-order valence-corrected chi connectivity index (χ0v) is 15.1. The van der Waals surface area contributed by atoms with Crippen LogP contribution < -0.4 is 11.0 Å². The molecule has 0 bridgehead atoms. The minimum absolute atomic E-state index is 0.257. The molecule has 8 heteroatoms. The molecule has 0 radical (unpaired) electrons. The van der Waals surface area contributed by atoms with Gasteiger partial charge in [0, 0.05) is 19.0 Å². The Morgan fingerprint density at radius 2 is 2.04 bits per heavy atom. The van der Waals surface area contributed by atoms with Crippen LogP contribution in [0.5, 0.6) is 0 Å². The van der Waals surface area contributed by atoms with E-state index in [-0.39, 0.29) is 11.6 Å². The number of carbonyl (C=O) groups is 1. The monoisotopic (exact) mass is 367 g/mol. The molecule has 1 N–H and O–H groups in total. The van der Waals surface area contributed by atoms with Crippen molar-refractivity contribution in [1.82, 2.24) is 19.5 Å². The van der Waals surface area contributed by atoms with Crippen LogP contribution >= 0.6 is 0 Å². The minimum Gasteiger partial charge on any atom is -0.360 e. The van der Waals surface area contributed by atoms with E-state index in [1.165, 1.54) is 4.68 Å². The maximum atomic E-state index is 13.1. The Hall–Kier alpha value is -3.16. The highest BCUT2D eigenvalue weighted by Gasteiger charge is 2.29. The summed E-state index contributed by atoms with van der Waals surface area (Å²) < 4.78 is 7.99. The molecular weight excluding hydrogens is 346 g/mol. The minimum atomic E-state index is -0.880. The molecule has 3 aromatic rings. The molecule has 1 aromatic carbocycles. The molecular formula is C19H21N5O3. The second-order valence-electron chi connectivity index (χ2n) is 6.73. The van der Waals surface area contributed by atoms with Gasteiger partial charge in [-0.3, -0.25) is 9.36 Å². The predicted molar refractivity (Wildman–Crippen MR) is 98.5 cm³/mol. The first kappa shape index (κ1) is 17.3. The summed E-state index contributed by atoms with van der Waals surface area (Å²) in [6.07, 6.45) is 3.76. The zero-order chi connectivity index (χ0) is 18.8. The number of hydrogen-bond acceptors (Lipinski definition) is 5. The van der Waals surface area contributed by atoms with Crippen molar-refractivity contribution in [1.29, 1.82) is 0 Å². The first-order valence-electron chi connectivity index (χ1n) is 9.11. The van der Waals surface area contributed by atoms with Crippen molar-refractivity contribution in [3.05, 3.63) is 64.0 Å². The molecule has 1 atom stereocenters. The molecule has 0 fully saturated rings. The quantitative estimate of drug-likeness (QED) is 0.763. The van der Waals surface area contributed by atoms with Gasteiger partial charge >= 0.3 is 5.69 Å². The first-order chi connectivity index (χ1) is 13.1. The highest BCUT2D eigenvalue weighted by Crippen LogP contribution is 2.20. The number of anilines is 1. The number of fused-ring (bicyclic) bond motifs is 1. The van der Waals surface area contributed by atoms with Gasteiger partial charge in [-0.2, -0.15) is 9.78 Å². The highest BCUT2D eigenvalue weighted by molar-refractivity contribution is 5.94. The number of hydrogen-bond donors (Lipinski definition) is 1. The predicted octanol–water partition coefficient (Wildman–Crippen LogP) is 2.30. The summed E-state index contributed by atoms with van der Waals surface area (Å²) in [5.74, 6) is 1.26. The van der Waals surface area contributed by atoms with Gasteiger partial charge < -0.3 is 9.84 Å². The average molecular weight is 367 g/mol. The fourth-order valence-electron chi connectivity index (χ4n) is 3.42. The molecule has 0 aliphatic carbocycles. The summed E-state index contributed by atoms with van der Waals surface area (Å²) in [7, 11) is 0. The van der Waals surface area contributed by atoms with Crippen molar-refractivity contribution in [3.63, 3.8) is 0 Å². The van der Waals surface area contributed by atoms with Crippen LogP contribution in [-0.2, 0) is 17.8 Å². The number of benzene rings is 1. The number of carbonyl (C=O) groups excluding carboxylic acids is 1. The summed E-state index contributed by atoms with van der Waals surface area (Å²) in [6, 6.07) is 9.92. The van der Waals surface area contributed by atoms with Gasteiger partial charge in [0.15, 0.2) is 11.9 Å². The molecule has 0 saturated carbocycles. The van der Waals surface area contributed by atoms with Gasteiger partial charge in [-0.25, -0.2) is 4.79 Å². The number of rotatable bonds is 4. The summed E-state index contributed by atoms with van der Waals surface area (Å²) >= 11 is 0. The van der Waals surface area contributed by atoms with Gasteiger partial charge in [-0.1, -0.05) is 41.9 Å². The third-order valence-electron chi connectivity index (χ3n) is 4.73. The second kappa shape index (κ2) is 7.22. The van der Waals surface area contributed by atoms with Crippen molar-refractivity contribution >= 4 is 11.7 Å². The van der Waals surface area contributed by atoms with Crippen LogP contribution in [0.1, 0.15) is 42.5 Å². The van der Waals surface area contributed by atoms with Gasteiger partial charge in [-0.15, -0.1) is 0 Å². The molecule has 0 saturated heterocycles. The Labute approximate surface area is 155 Å². The molecule has 8 nitrogen and oxygen atoms in total. The molecule has 1 amide bonds. The van der Waals surface area contributed by atoms with Crippen molar-refractivity contribution in [2.45, 2.75) is 45.2 Å². The molecule has 4 rings (SSSR count). The van der Waals surface area contributed by atoms with E-state index in [1.54, 1.807) is 17.6 Å². The van der Waals surface area contributed by atoms with Crippen LogP contribution in [-0.4, -0.2) is 25.4 Å². The van der Waals surface area contributed by atoms with Gasteiger partial charge in [-0.05, 0) is 25.3 Å². The number of aromatic nitrogens is 4. The Kier molecular flexibility index (Phi) is 4.62. The van der Waals surface area contributed by atoms with Crippen LogP contribution in [0.3, 0.4) is 0 Å². The lowest BCUT2D eigenvalue weighted by atomic mass is 10.1. The van der Waals surface area contributed by atoms with E-state index >= 15 is 0 Å². The highest BCUT2D eigenvalue weighted by atomic mass is 16.5. The zero-order valence-electron chi connectivity index (χ0n) is 15.1. The van der Waals surface area contributed by atoms with E-state index in [0.29, 0.717) is 23.7 Å². The van der Waals surface area contributed by atoms with Gasteiger partial charge in [0.05, 0.1) is 0 Å². The number of aryl methyl sites for hydroxylation is 2. The molecule has 3 heterocycles. The van der Waals surface area contributed by atoms with E-state index < -0.39 is 6.04 Å². The van der Waals surface area contributed by atoms with Crippen LogP contribution in [0.15, 0.2) is 45.7 Å². The summed E-state index contributed by atoms with van der Waals surface area (Å²) in [4.78, 5) is 26.0. The molecule has 0 spiro atoms. The fraction of sp³-hybridized carbons (Fsp3) is 0.368. The SMILES string of the molecule is Cc1cc(NC(=O)C(c2ccccc2)n2nc3n(c2=O)CCCCC3)no1. The second-order valence-corrected chi connectivity index (χ2v) is 6.73. The lowest BCUT2D eigenvalue weighted by molar-refractivity contribution is -0.118. The topological polar surface area (TPSA) is 95.0 Å². The molecule has 140 valence electrons. The first-order valence-corrected chi connectivity index (χ1v) is 9.11. The van der Waals surface area contributed by atoms with E-state index in [2.05, 4.69) is 15.6 Å². The van der Waals surface area contributed by atoms with Gasteiger partial charge in [0.2, 0.25) is 0 Å². The Morgan fingerprint density at radius 1 is 1.22 bits per heavy atom. The maximum Gasteiger partial charge on any atom is 0.347 e. The molecule has 1 aliphatic rings. The van der Waals surface area contributed by atoms with Gasteiger partial charge in [0.1, 0.15) is 11.6 Å². The average Bonchev–Trinajstić information content (AvgIpc) is 3.10. The van der Waals surface area contributed by atoms with E-state index in [1.807, 2.05) is 30.3 Å². The lowest BCUT2D eigenvalue weighted by Crippen LogP contribution is -2.35. The maximum absolute atomic E-state index is 13.1. The van der Waals surface area contributed by atoms with E-state index in [9.17, 15) is 9.59 Å². The van der Waals surface area contributed by atoms with E-state index in [0.717, 1.165) is 31.5 Å².